The molecule has 0 radical (unpaired) electrons. The maximum absolute atomic E-state index is 14.4. The second-order valence-electron chi connectivity index (χ2n) is 19.3. The van der Waals surface area contributed by atoms with E-state index >= 15 is 0 Å². The van der Waals surface area contributed by atoms with Gasteiger partial charge >= 0.3 is 0 Å². The minimum absolute atomic E-state index is 0.0512. The van der Waals surface area contributed by atoms with Crippen molar-refractivity contribution in [2.24, 2.45) is 0 Å². The molecule has 18 nitrogen and oxygen atoms in total. The van der Waals surface area contributed by atoms with Gasteiger partial charge in [0, 0.05) is 48.8 Å². The van der Waals surface area contributed by atoms with Crippen molar-refractivity contribution in [2.45, 2.75) is 189 Å². The van der Waals surface area contributed by atoms with Gasteiger partial charge in [-0.2, -0.15) is 0 Å². The summed E-state index contributed by atoms with van der Waals surface area (Å²) in [6.45, 7) is 10.2. The molecule has 1 aromatic carbocycles. The first-order valence-corrected chi connectivity index (χ1v) is 23.1. The monoisotopic (exact) mass is 934 g/mol. The SMILES string of the molecule is C[C@@H]1O[C@H](O[C@H]2CC[C@@H](O[C@@]3(C)CC(=O)[C@]4(O)C5=C(C=C[C@]4(O)C3)C(=O)c3c(ccc([C@H]4C[C@@H](O)[C@H](O[C@H]6CC[C@H](O[C@H]7C=CC(=O)[C@H](C)O7)[C@H](C)O6)[C@H](C)O4)c3O)C5=O)O[C@H]2C)C=CC1=O. The Morgan fingerprint density at radius 2 is 1.30 bits per heavy atom. The number of carbonyl (C=O) groups excluding carboxylic acids is 5. The Labute approximate surface area is 386 Å². The summed E-state index contributed by atoms with van der Waals surface area (Å²) in [4.78, 5) is 66.5. The minimum Gasteiger partial charge on any atom is -0.507 e. The Morgan fingerprint density at radius 3 is 1.88 bits per heavy atom. The zero-order chi connectivity index (χ0) is 47.9. The van der Waals surface area contributed by atoms with Gasteiger partial charge < -0.3 is 63.1 Å². The predicted molar refractivity (Wildman–Crippen MR) is 229 cm³/mol. The van der Waals surface area contributed by atoms with Gasteiger partial charge in [-0.05, 0) is 90.8 Å². The topological polar surface area (TPSA) is 249 Å². The maximum atomic E-state index is 14.4. The molecule has 67 heavy (non-hydrogen) atoms. The van der Waals surface area contributed by atoms with Gasteiger partial charge in [0.15, 0.2) is 59.7 Å². The number of benzene rings is 1. The number of fused-ring (bicyclic) bond motifs is 3. The van der Waals surface area contributed by atoms with Crippen LogP contribution in [0, 0.1) is 0 Å². The highest BCUT2D eigenvalue weighted by Gasteiger charge is 2.67. The van der Waals surface area contributed by atoms with E-state index < -0.39 is 132 Å². The van der Waals surface area contributed by atoms with Gasteiger partial charge in [0.25, 0.3) is 0 Å². The van der Waals surface area contributed by atoms with E-state index in [1.165, 1.54) is 30.4 Å². The molecule has 8 aliphatic rings. The fourth-order valence-electron chi connectivity index (χ4n) is 10.7. The number of ketones is 5. The molecular formula is C49H58O18. The van der Waals surface area contributed by atoms with Gasteiger partial charge in [0.1, 0.15) is 29.7 Å². The normalized spacial score (nSPS) is 43.3. The lowest BCUT2D eigenvalue weighted by Crippen LogP contribution is -2.69. The summed E-state index contributed by atoms with van der Waals surface area (Å²) < 4.78 is 54.4. The van der Waals surface area contributed by atoms with Crippen LogP contribution in [0.1, 0.15) is 119 Å². The van der Waals surface area contributed by atoms with Gasteiger partial charge in [-0.3, -0.25) is 24.0 Å². The number of rotatable bonds is 9. The molecule has 4 fully saturated rings. The van der Waals surface area contributed by atoms with E-state index in [0.29, 0.717) is 25.7 Å². The van der Waals surface area contributed by atoms with Crippen LogP contribution < -0.4 is 0 Å². The highest BCUT2D eigenvalue weighted by atomic mass is 16.7. The van der Waals surface area contributed by atoms with Crippen LogP contribution in [-0.2, 0) is 57.0 Å². The number of aliphatic hydroxyl groups is 3. The Balaban J connectivity index is 0.843. The molecule has 0 unspecified atom stereocenters. The van der Waals surface area contributed by atoms with E-state index in [1.807, 2.05) is 6.92 Å². The van der Waals surface area contributed by atoms with E-state index in [0.717, 1.165) is 6.08 Å². The lowest BCUT2D eigenvalue weighted by Gasteiger charge is -2.53. The van der Waals surface area contributed by atoms with Crippen molar-refractivity contribution in [3.8, 4) is 5.75 Å². The number of hydrogen-bond acceptors (Lipinski definition) is 18. The summed E-state index contributed by atoms with van der Waals surface area (Å²) in [5.41, 5.74) is -8.05. The highest BCUT2D eigenvalue weighted by molar-refractivity contribution is 6.32. The zero-order valence-electron chi connectivity index (χ0n) is 38.2. The Hall–Kier alpha value is -4.15. The Kier molecular flexibility index (Phi) is 12.9. The molecule has 5 aliphatic heterocycles. The van der Waals surface area contributed by atoms with Crippen LogP contribution in [0.25, 0.3) is 0 Å². The highest BCUT2D eigenvalue weighted by Crippen LogP contribution is 2.53. The molecule has 1 aromatic rings. The minimum atomic E-state index is -2.83. The van der Waals surface area contributed by atoms with E-state index in [-0.39, 0.29) is 52.8 Å². The van der Waals surface area contributed by atoms with Crippen molar-refractivity contribution in [3.05, 3.63) is 76.4 Å². The molecule has 0 aromatic heterocycles. The fourth-order valence-corrected chi connectivity index (χ4v) is 10.7. The predicted octanol–water partition coefficient (Wildman–Crippen LogP) is 3.39. The molecule has 17 atom stereocenters. The van der Waals surface area contributed by atoms with Gasteiger partial charge in [-0.25, -0.2) is 0 Å². The van der Waals surface area contributed by atoms with Gasteiger partial charge in [-0.15, -0.1) is 0 Å². The molecule has 4 N–H and O–H groups in total. The molecule has 0 spiro atoms. The van der Waals surface area contributed by atoms with Crippen molar-refractivity contribution in [3.63, 3.8) is 0 Å². The summed E-state index contributed by atoms with van der Waals surface area (Å²) in [6.07, 6.45) is -0.115. The fraction of sp³-hybridized carbons (Fsp3) is 0.612. The van der Waals surface area contributed by atoms with Crippen molar-refractivity contribution in [2.75, 3.05) is 0 Å². The Bertz CT molecular complexity index is 2320. The van der Waals surface area contributed by atoms with E-state index in [4.69, 9.17) is 42.6 Å². The zero-order valence-corrected chi connectivity index (χ0v) is 38.2. The standard InChI is InChI=1S/C49H58O18/c1-22-30(50)9-13-37(60-22)64-33-11-15-39(62-24(33)3)66-46-26(5)59-35(19-32(46)52)27-7-8-28-41(43(27)54)44(55)29-17-18-48(57)21-47(6,20-36(53)49(48,58)42(29)45(28)56)67-40-16-12-34(25(4)63-40)65-38-14-10-31(51)23(2)61-38/h7-10,13-14,17-18,22-26,32-35,37-40,46,52,54,57-58H,11-12,15-16,19-21H2,1-6H3/t22-,23-,24-,25-,26-,32+,33-,34-,35+,37-,38+,39-,40+,46+,47-,48-,49-/m0/s1. The first-order chi connectivity index (χ1) is 31.7. The average Bonchev–Trinajstić information content (AvgIpc) is 3.26. The number of phenolic OH excluding ortho intramolecular Hbond substituents is 1. The average molecular weight is 935 g/mol. The van der Waals surface area contributed by atoms with E-state index in [9.17, 15) is 44.4 Å². The third-order valence-corrected chi connectivity index (χ3v) is 14.4. The second kappa shape index (κ2) is 18.0. The molecule has 5 heterocycles. The summed E-state index contributed by atoms with van der Waals surface area (Å²) in [7, 11) is 0. The van der Waals surface area contributed by atoms with Crippen LogP contribution in [-0.4, -0.2) is 146 Å². The third-order valence-electron chi connectivity index (χ3n) is 14.4. The van der Waals surface area contributed by atoms with Gasteiger partial charge in [-0.1, -0.05) is 12.1 Å². The molecule has 9 rings (SSSR count). The molecular weight excluding hydrogens is 877 g/mol. The first kappa shape index (κ1) is 47.9. The van der Waals surface area contributed by atoms with Crippen molar-refractivity contribution in [1.82, 2.24) is 0 Å². The quantitative estimate of drug-likeness (QED) is 0.277. The van der Waals surface area contributed by atoms with Gasteiger partial charge in [0.2, 0.25) is 0 Å². The van der Waals surface area contributed by atoms with Gasteiger partial charge in [0.05, 0.1) is 59.5 Å². The number of aliphatic hydroxyl groups excluding tert-OH is 1. The number of Topliss-reactive ketones (excluding diaryl/α,β-unsaturated/α-hetero) is 3. The number of allylic oxidation sites excluding steroid dienone is 2. The molecule has 3 aliphatic carbocycles. The number of hydrogen-bond donors (Lipinski definition) is 4. The Morgan fingerprint density at radius 1 is 0.701 bits per heavy atom. The largest absolute Gasteiger partial charge is 0.507 e. The number of aromatic hydroxyl groups is 1. The van der Waals surface area contributed by atoms with E-state index in [2.05, 4.69) is 0 Å². The lowest BCUT2D eigenvalue weighted by atomic mass is 9.57. The van der Waals surface area contributed by atoms with Crippen LogP contribution in [0.15, 0.2) is 59.7 Å². The molecule has 362 valence electrons. The molecule has 1 saturated carbocycles. The number of phenols is 1. The van der Waals surface area contributed by atoms with E-state index in [1.54, 1.807) is 46.8 Å². The first-order valence-electron chi connectivity index (χ1n) is 23.1. The summed E-state index contributed by atoms with van der Waals surface area (Å²) in [5.74, 6) is -3.57. The molecule has 18 heteroatoms. The summed E-state index contributed by atoms with van der Waals surface area (Å²) in [5, 5.41) is 47.6. The molecule has 3 saturated heterocycles. The van der Waals surface area contributed by atoms with Crippen LogP contribution in [0.2, 0.25) is 0 Å². The number of carbonyl (C=O) groups is 5. The third kappa shape index (κ3) is 8.67. The van der Waals surface area contributed by atoms with Crippen LogP contribution in [0.4, 0.5) is 0 Å². The van der Waals surface area contributed by atoms with Crippen LogP contribution in [0.3, 0.4) is 0 Å². The van der Waals surface area contributed by atoms with Crippen molar-refractivity contribution >= 4 is 28.9 Å². The molecule has 0 bridgehead atoms. The second-order valence-corrected chi connectivity index (χ2v) is 19.3. The summed E-state index contributed by atoms with van der Waals surface area (Å²) >= 11 is 0. The van der Waals surface area contributed by atoms with Crippen LogP contribution >= 0.6 is 0 Å². The maximum Gasteiger partial charge on any atom is 0.198 e. The molecule has 0 amide bonds. The van der Waals surface area contributed by atoms with Crippen LogP contribution in [0.5, 0.6) is 5.75 Å². The van der Waals surface area contributed by atoms with Crippen molar-refractivity contribution in [1.29, 1.82) is 0 Å². The smallest absolute Gasteiger partial charge is 0.198 e. The van der Waals surface area contributed by atoms with Crippen molar-refractivity contribution < 1.29 is 87.0 Å². The number of ether oxygens (including phenoxy) is 9. The summed E-state index contributed by atoms with van der Waals surface area (Å²) in [6, 6.07) is 2.70. The lowest BCUT2D eigenvalue weighted by molar-refractivity contribution is -0.292.